The van der Waals surface area contributed by atoms with Gasteiger partial charge < -0.3 is 0 Å². The van der Waals surface area contributed by atoms with E-state index in [9.17, 15) is 74.6 Å². The van der Waals surface area contributed by atoms with Crippen LogP contribution in [0.2, 0.25) is 13.1 Å². The lowest BCUT2D eigenvalue weighted by Crippen LogP contribution is -2.76. The fourth-order valence-corrected chi connectivity index (χ4v) is 5.13. The van der Waals surface area contributed by atoms with Crippen LogP contribution in [0.1, 0.15) is 6.42 Å². The molecule has 0 aromatic heterocycles. The smallest absolute Gasteiger partial charge is 0.204 e. The molecule has 194 valence electrons. The summed E-state index contributed by atoms with van der Waals surface area (Å²) in [6.07, 6.45) is -5.48. The van der Waals surface area contributed by atoms with Crippen molar-refractivity contribution in [2.45, 2.75) is 66.8 Å². The summed E-state index contributed by atoms with van der Waals surface area (Å²) in [7, 11) is -5.38. The monoisotopic (exact) mass is 542 g/mol. The van der Waals surface area contributed by atoms with Gasteiger partial charge in [-0.1, -0.05) is 36.5 Å². The molecule has 0 aromatic rings. The summed E-state index contributed by atoms with van der Waals surface area (Å²) < 4.78 is 227. The van der Waals surface area contributed by atoms with Gasteiger partial charge in [0.05, 0.1) is 0 Å². The van der Waals surface area contributed by atoms with Crippen molar-refractivity contribution in [2.24, 2.45) is 0 Å². The Bertz CT molecular complexity index is 815. The quantitative estimate of drug-likeness (QED) is 0.218. The van der Waals surface area contributed by atoms with Crippen LogP contribution < -0.4 is 0 Å². The second kappa shape index (κ2) is 7.50. The van der Waals surface area contributed by atoms with Crippen LogP contribution >= 0.6 is 0 Å². The van der Waals surface area contributed by atoms with Crippen LogP contribution in [0.25, 0.3) is 0 Å². The molecule has 0 unspecified atom stereocenters. The molecule has 0 heterocycles. The topological polar surface area (TPSA) is 0 Å². The van der Waals surface area contributed by atoms with Crippen molar-refractivity contribution in [2.75, 3.05) is 0 Å². The first-order valence-corrected chi connectivity index (χ1v) is 11.2. The molecule has 0 spiro atoms. The van der Waals surface area contributed by atoms with Crippen molar-refractivity contribution >= 4 is 8.07 Å². The zero-order valence-corrected chi connectivity index (χ0v) is 16.9. The lowest BCUT2D eigenvalue weighted by Gasteiger charge is -2.45. The van der Waals surface area contributed by atoms with Crippen molar-refractivity contribution in [1.29, 1.82) is 0 Å². The Kier molecular flexibility index (Phi) is 6.71. The third-order valence-corrected chi connectivity index (χ3v) is 8.70. The molecule has 0 nitrogen and oxygen atoms in total. The molecule has 0 radical (unpaired) electrons. The van der Waals surface area contributed by atoms with Gasteiger partial charge in [-0.25, -0.2) is 8.78 Å². The molecule has 0 amide bonds. The largest absolute Gasteiger partial charge is 0.460 e. The zero-order valence-electron chi connectivity index (χ0n) is 15.9. The molecule has 0 atom stereocenters. The van der Waals surface area contributed by atoms with Crippen molar-refractivity contribution < 1.29 is 74.6 Å². The van der Waals surface area contributed by atoms with E-state index in [0.717, 1.165) is 12.2 Å². The van der Waals surface area contributed by atoms with Gasteiger partial charge in [0.2, 0.25) is 0 Å². The fourth-order valence-electron chi connectivity index (χ4n) is 2.66. The van der Waals surface area contributed by atoms with E-state index in [4.69, 9.17) is 0 Å². The van der Waals surface area contributed by atoms with Gasteiger partial charge in [-0.2, -0.15) is 65.9 Å². The maximum absolute atomic E-state index is 14.4. The van der Waals surface area contributed by atoms with Gasteiger partial charge in [0.15, 0.2) is 8.07 Å². The van der Waals surface area contributed by atoms with E-state index in [2.05, 4.69) is 0 Å². The third kappa shape index (κ3) is 3.56. The predicted octanol–water partition coefficient (Wildman–Crippen LogP) is 7.67. The van der Waals surface area contributed by atoms with Crippen LogP contribution in [0.3, 0.4) is 0 Å². The molecular weight excluding hydrogens is 531 g/mol. The highest BCUT2D eigenvalue weighted by atomic mass is 28.3. The van der Waals surface area contributed by atoms with E-state index < -0.39 is 60.5 Å². The number of hydrogen-bond donors (Lipinski definition) is 0. The highest BCUT2D eigenvalue weighted by Crippen LogP contribution is 2.65. The first-order chi connectivity index (χ1) is 14.1. The van der Waals surface area contributed by atoms with Gasteiger partial charge in [0.1, 0.15) is 0 Å². The lowest BCUT2D eigenvalue weighted by atomic mass is 9.91. The zero-order chi connectivity index (χ0) is 26.9. The summed E-state index contributed by atoms with van der Waals surface area (Å²) in [5.74, 6) is -49.6. The Morgan fingerprint density at radius 1 is 0.545 bits per heavy atom. The van der Waals surface area contributed by atoms with E-state index in [1.54, 1.807) is 0 Å². The summed E-state index contributed by atoms with van der Waals surface area (Å²) in [6, 6.07) is 0. The van der Waals surface area contributed by atoms with Crippen molar-refractivity contribution in [1.82, 2.24) is 0 Å². The maximum atomic E-state index is 14.4. The molecular formula is C15H11F17Si. The molecule has 0 aliphatic heterocycles. The molecule has 0 aromatic carbocycles. The van der Waals surface area contributed by atoms with E-state index in [1.807, 2.05) is 0 Å². The highest BCUT2D eigenvalue weighted by Gasteiger charge is 2.95. The Balaban J connectivity index is 3.72. The van der Waals surface area contributed by atoms with Gasteiger partial charge >= 0.3 is 47.3 Å². The normalized spacial score (nSPS) is 18.1. The van der Waals surface area contributed by atoms with Crippen molar-refractivity contribution in [3.8, 4) is 0 Å². The average molecular weight is 542 g/mol. The number of allylic oxidation sites excluding steroid dienone is 4. The van der Waals surface area contributed by atoms with Crippen LogP contribution in [0.15, 0.2) is 23.4 Å². The van der Waals surface area contributed by atoms with Gasteiger partial charge in [0.25, 0.3) is 0 Å². The molecule has 33 heavy (non-hydrogen) atoms. The minimum atomic E-state index is -8.60. The van der Waals surface area contributed by atoms with Gasteiger partial charge in [-0.15, -0.1) is 0 Å². The second-order valence-corrected chi connectivity index (χ2v) is 11.9. The van der Waals surface area contributed by atoms with E-state index >= 15 is 0 Å². The first kappa shape index (κ1) is 29.5. The highest BCUT2D eigenvalue weighted by molar-refractivity contribution is 6.87. The summed E-state index contributed by atoms with van der Waals surface area (Å²) in [4.78, 5) is 0. The Morgan fingerprint density at radius 2 is 0.879 bits per heavy atom. The molecule has 1 aliphatic rings. The minimum absolute atomic E-state index is 0.196. The summed E-state index contributed by atoms with van der Waals surface area (Å²) >= 11 is 0. The molecule has 0 saturated carbocycles. The SMILES string of the molecule is C[Si](C)(C1=CCC=C1)C(F)(F)C(F)(F)C(F)(F)C(F)(F)C(F)(F)C(F)(F)C(F)(F)C(F)(F)F. The Morgan fingerprint density at radius 3 is 1.18 bits per heavy atom. The molecule has 1 rings (SSSR count). The molecule has 0 bridgehead atoms. The second-order valence-electron chi connectivity index (χ2n) is 7.44. The summed E-state index contributed by atoms with van der Waals surface area (Å²) in [5.41, 5.74) is -6.33. The predicted molar refractivity (Wildman–Crippen MR) is 80.0 cm³/mol. The van der Waals surface area contributed by atoms with Crippen LogP contribution in [-0.2, 0) is 0 Å². The van der Waals surface area contributed by atoms with E-state index in [0.29, 0.717) is 6.08 Å². The molecule has 0 N–H and O–H groups in total. The third-order valence-electron chi connectivity index (χ3n) is 5.00. The maximum Gasteiger partial charge on any atom is 0.460 e. The van der Waals surface area contributed by atoms with Gasteiger partial charge in [0, 0.05) is 0 Å². The lowest BCUT2D eigenvalue weighted by molar-refractivity contribution is -0.458. The Labute approximate surface area is 174 Å². The number of hydrogen-bond acceptors (Lipinski definition) is 0. The molecule has 18 heteroatoms. The standard InChI is InChI=1S/C15H11F17Si/c1-33(2,7-5-3-4-6-7)15(31,32)13(26,27)11(22,23)9(18,19)8(16,17)10(20,21)12(24,25)14(28,29)30/h3,5-6H,4H2,1-2H3. The summed E-state index contributed by atoms with van der Waals surface area (Å²) in [6.45, 7) is 0.391. The number of rotatable bonds is 8. The molecule has 0 saturated heterocycles. The Hall–Kier alpha value is -1.49. The van der Waals surface area contributed by atoms with E-state index in [1.165, 1.54) is 0 Å². The van der Waals surface area contributed by atoms with Crippen LogP contribution in [0.5, 0.6) is 0 Å². The van der Waals surface area contributed by atoms with Crippen LogP contribution in [0.4, 0.5) is 74.6 Å². The van der Waals surface area contributed by atoms with E-state index in [-0.39, 0.29) is 19.5 Å². The molecule has 0 fully saturated rings. The molecule has 1 aliphatic carbocycles. The number of halogens is 17. The van der Waals surface area contributed by atoms with Crippen LogP contribution in [0, 0.1) is 0 Å². The van der Waals surface area contributed by atoms with Crippen molar-refractivity contribution in [3.63, 3.8) is 0 Å². The van der Waals surface area contributed by atoms with Gasteiger partial charge in [-0.3, -0.25) is 0 Å². The van der Waals surface area contributed by atoms with Crippen LogP contribution in [-0.4, -0.2) is 55.3 Å². The van der Waals surface area contributed by atoms with Gasteiger partial charge in [-0.05, 0) is 6.42 Å². The van der Waals surface area contributed by atoms with Crippen molar-refractivity contribution in [3.05, 3.63) is 23.4 Å². The fraction of sp³-hybridized carbons (Fsp3) is 0.733. The summed E-state index contributed by atoms with van der Waals surface area (Å²) in [5, 5.41) is -0.771. The number of alkyl halides is 17. The minimum Gasteiger partial charge on any atom is -0.204 e. The average Bonchev–Trinajstić information content (AvgIpc) is 3.14. The first-order valence-electron chi connectivity index (χ1n) is 8.19.